The van der Waals surface area contributed by atoms with Gasteiger partial charge in [-0.05, 0) is 59.3 Å². The number of amides is 1. The van der Waals surface area contributed by atoms with Crippen LogP contribution in [0.1, 0.15) is 67.2 Å². The molecule has 23 heavy (non-hydrogen) atoms. The van der Waals surface area contributed by atoms with Gasteiger partial charge in [0.2, 0.25) is 0 Å². The first-order chi connectivity index (χ1) is 10.6. The maximum absolute atomic E-state index is 12.4. The zero-order valence-electron chi connectivity index (χ0n) is 15.8. The standard InChI is InChI=1S/C18H36N2O3/c1-13(2)16(12-21)19-14(3)11-15-9-7-8-10-20(15)17(22)23-18(4,5)6/h13-16,19,21H,7-12H2,1-6H3. The fraction of sp³-hybridized carbons (Fsp3) is 0.944. The van der Waals surface area contributed by atoms with Crippen LogP contribution in [0.5, 0.6) is 0 Å². The minimum absolute atomic E-state index is 0.101. The molecule has 2 N–H and O–H groups in total. The Morgan fingerprint density at radius 1 is 1.30 bits per heavy atom. The second kappa shape index (κ2) is 8.88. The maximum Gasteiger partial charge on any atom is 0.410 e. The Kier molecular flexibility index (Phi) is 7.81. The summed E-state index contributed by atoms with van der Waals surface area (Å²) in [6.07, 6.45) is 3.92. The quantitative estimate of drug-likeness (QED) is 0.786. The maximum atomic E-state index is 12.4. The van der Waals surface area contributed by atoms with Crippen molar-refractivity contribution in [3.05, 3.63) is 0 Å². The first-order valence-corrected chi connectivity index (χ1v) is 9.00. The van der Waals surface area contributed by atoms with Crippen molar-refractivity contribution in [1.82, 2.24) is 10.2 Å². The number of carbonyl (C=O) groups excluding carboxylic acids is 1. The van der Waals surface area contributed by atoms with Crippen molar-refractivity contribution in [2.24, 2.45) is 5.92 Å². The number of ether oxygens (including phenoxy) is 1. The molecule has 1 aliphatic rings. The predicted molar refractivity (Wildman–Crippen MR) is 93.5 cm³/mol. The number of nitrogens with one attached hydrogen (secondary N) is 1. The lowest BCUT2D eigenvalue weighted by atomic mass is 9.95. The van der Waals surface area contributed by atoms with Crippen LogP contribution >= 0.6 is 0 Å². The van der Waals surface area contributed by atoms with Crippen LogP contribution in [0.15, 0.2) is 0 Å². The summed E-state index contributed by atoms with van der Waals surface area (Å²) in [5.74, 6) is 0.385. The lowest BCUT2D eigenvalue weighted by molar-refractivity contribution is 0.00753. The van der Waals surface area contributed by atoms with Gasteiger partial charge in [-0.25, -0.2) is 4.79 Å². The van der Waals surface area contributed by atoms with Crippen molar-refractivity contribution in [3.8, 4) is 0 Å². The zero-order valence-corrected chi connectivity index (χ0v) is 15.8. The van der Waals surface area contributed by atoms with Gasteiger partial charge in [-0.15, -0.1) is 0 Å². The molecule has 3 atom stereocenters. The van der Waals surface area contributed by atoms with E-state index in [0.29, 0.717) is 5.92 Å². The second-order valence-electron chi connectivity index (χ2n) is 8.16. The number of carbonyl (C=O) groups is 1. The Labute approximate surface area is 141 Å². The molecule has 3 unspecified atom stereocenters. The normalized spacial score (nSPS) is 22.1. The summed E-state index contributed by atoms with van der Waals surface area (Å²) in [6.45, 7) is 13.0. The molecule has 5 heteroatoms. The molecule has 0 bridgehead atoms. The summed E-state index contributed by atoms with van der Waals surface area (Å²) < 4.78 is 5.56. The number of hydrogen-bond acceptors (Lipinski definition) is 4. The van der Waals surface area contributed by atoms with Crippen molar-refractivity contribution in [1.29, 1.82) is 0 Å². The summed E-state index contributed by atoms with van der Waals surface area (Å²) in [7, 11) is 0. The fourth-order valence-corrected chi connectivity index (χ4v) is 3.10. The molecule has 1 saturated heterocycles. The van der Waals surface area contributed by atoms with E-state index in [1.165, 1.54) is 0 Å². The predicted octanol–water partition coefficient (Wildman–Crippen LogP) is 3.16. The zero-order chi connectivity index (χ0) is 17.6. The smallest absolute Gasteiger partial charge is 0.410 e. The van der Waals surface area contributed by atoms with Crippen molar-refractivity contribution in [3.63, 3.8) is 0 Å². The number of aliphatic hydroxyl groups excluding tert-OH is 1. The van der Waals surface area contributed by atoms with E-state index in [0.717, 1.165) is 32.2 Å². The van der Waals surface area contributed by atoms with Gasteiger partial charge in [-0.3, -0.25) is 0 Å². The van der Waals surface area contributed by atoms with Crippen LogP contribution in [0.4, 0.5) is 4.79 Å². The molecule has 0 aromatic rings. The monoisotopic (exact) mass is 328 g/mol. The molecule has 1 fully saturated rings. The molecule has 136 valence electrons. The molecule has 1 amide bonds. The molecule has 0 aromatic carbocycles. The molecule has 1 rings (SSSR count). The van der Waals surface area contributed by atoms with Crippen LogP contribution in [0.3, 0.4) is 0 Å². The van der Waals surface area contributed by atoms with Crippen LogP contribution in [0, 0.1) is 5.92 Å². The van der Waals surface area contributed by atoms with Crippen LogP contribution in [-0.4, -0.2) is 53.0 Å². The van der Waals surface area contributed by atoms with Crippen molar-refractivity contribution < 1.29 is 14.6 Å². The minimum Gasteiger partial charge on any atom is -0.444 e. The van der Waals surface area contributed by atoms with E-state index in [1.807, 2.05) is 25.7 Å². The Hall–Kier alpha value is -0.810. The van der Waals surface area contributed by atoms with Crippen LogP contribution in [-0.2, 0) is 4.74 Å². The Morgan fingerprint density at radius 3 is 2.48 bits per heavy atom. The van der Waals surface area contributed by atoms with E-state index in [1.54, 1.807) is 0 Å². The number of aliphatic hydroxyl groups is 1. The summed E-state index contributed by atoms with van der Waals surface area (Å²) >= 11 is 0. The SMILES string of the molecule is CC(CC1CCCCN1C(=O)OC(C)(C)C)NC(CO)C(C)C. The first-order valence-electron chi connectivity index (χ1n) is 9.00. The van der Waals surface area contributed by atoms with Gasteiger partial charge in [-0.1, -0.05) is 13.8 Å². The third-order valence-corrected chi connectivity index (χ3v) is 4.38. The van der Waals surface area contributed by atoms with Crippen LogP contribution in [0.25, 0.3) is 0 Å². The topological polar surface area (TPSA) is 61.8 Å². The summed E-state index contributed by atoms with van der Waals surface area (Å²) in [6, 6.07) is 0.568. The van der Waals surface area contributed by atoms with Crippen molar-refractivity contribution in [2.75, 3.05) is 13.2 Å². The molecular weight excluding hydrogens is 292 g/mol. The number of likely N-dealkylation sites (tertiary alicyclic amines) is 1. The molecule has 1 aliphatic heterocycles. The highest BCUT2D eigenvalue weighted by atomic mass is 16.6. The van der Waals surface area contributed by atoms with Gasteiger partial charge in [0, 0.05) is 24.7 Å². The molecule has 1 heterocycles. The highest BCUT2D eigenvalue weighted by Crippen LogP contribution is 2.23. The summed E-state index contributed by atoms with van der Waals surface area (Å²) in [5.41, 5.74) is -0.456. The number of rotatable bonds is 6. The minimum atomic E-state index is -0.456. The largest absolute Gasteiger partial charge is 0.444 e. The molecule has 0 radical (unpaired) electrons. The average molecular weight is 328 g/mol. The first kappa shape index (κ1) is 20.2. The second-order valence-corrected chi connectivity index (χ2v) is 8.16. The van der Waals surface area contributed by atoms with Crippen LogP contribution in [0.2, 0.25) is 0 Å². The van der Waals surface area contributed by atoms with Gasteiger partial charge in [0.05, 0.1) is 6.61 Å². The molecule has 0 aliphatic carbocycles. The number of hydrogen-bond donors (Lipinski definition) is 2. The van der Waals surface area contributed by atoms with Crippen LogP contribution < -0.4 is 5.32 Å². The van der Waals surface area contributed by atoms with Gasteiger partial charge in [0.25, 0.3) is 0 Å². The molecule has 0 aromatic heterocycles. The lowest BCUT2D eigenvalue weighted by Crippen LogP contribution is -2.50. The van der Waals surface area contributed by atoms with Gasteiger partial charge in [0.15, 0.2) is 0 Å². The highest BCUT2D eigenvalue weighted by Gasteiger charge is 2.31. The van der Waals surface area contributed by atoms with E-state index < -0.39 is 5.60 Å². The Bertz CT molecular complexity index is 366. The van der Waals surface area contributed by atoms with Crippen molar-refractivity contribution in [2.45, 2.75) is 91.0 Å². The van der Waals surface area contributed by atoms with E-state index in [-0.39, 0.29) is 30.8 Å². The van der Waals surface area contributed by atoms with E-state index in [4.69, 9.17) is 4.74 Å². The van der Waals surface area contributed by atoms with Gasteiger partial charge in [-0.2, -0.15) is 0 Å². The highest BCUT2D eigenvalue weighted by molar-refractivity contribution is 5.68. The average Bonchev–Trinajstić information content (AvgIpc) is 2.43. The van der Waals surface area contributed by atoms with Gasteiger partial charge < -0.3 is 20.1 Å². The number of piperidine rings is 1. The molecule has 0 spiro atoms. The lowest BCUT2D eigenvalue weighted by Gasteiger charge is -2.38. The Balaban J connectivity index is 2.62. The molecule has 5 nitrogen and oxygen atoms in total. The fourth-order valence-electron chi connectivity index (χ4n) is 3.10. The number of nitrogens with zero attached hydrogens (tertiary/aromatic N) is 1. The molecular formula is C18H36N2O3. The molecule has 0 saturated carbocycles. The summed E-state index contributed by atoms with van der Waals surface area (Å²) in [4.78, 5) is 14.3. The third kappa shape index (κ3) is 7.08. The van der Waals surface area contributed by atoms with Crippen molar-refractivity contribution >= 4 is 6.09 Å². The summed E-state index contributed by atoms with van der Waals surface area (Å²) in [5, 5.41) is 13.0. The van der Waals surface area contributed by atoms with E-state index >= 15 is 0 Å². The van der Waals surface area contributed by atoms with Gasteiger partial charge >= 0.3 is 6.09 Å². The third-order valence-electron chi connectivity index (χ3n) is 4.38. The van der Waals surface area contributed by atoms with E-state index in [9.17, 15) is 9.90 Å². The van der Waals surface area contributed by atoms with Gasteiger partial charge in [0.1, 0.15) is 5.60 Å². The van der Waals surface area contributed by atoms with E-state index in [2.05, 4.69) is 26.1 Å². The Morgan fingerprint density at radius 2 is 1.96 bits per heavy atom.